The maximum absolute atomic E-state index is 12.4. The predicted octanol–water partition coefficient (Wildman–Crippen LogP) is 0.731. The van der Waals surface area contributed by atoms with E-state index in [0.29, 0.717) is 11.3 Å². The zero-order chi connectivity index (χ0) is 15.2. The van der Waals surface area contributed by atoms with Crippen LogP contribution in [0.3, 0.4) is 0 Å². The van der Waals surface area contributed by atoms with Gasteiger partial charge in [-0.2, -0.15) is 0 Å². The van der Waals surface area contributed by atoms with E-state index in [1.54, 1.807) is 0 Å². The van der Waals surface area contributed by atoms with Crippen molar-refractivity contribution in [2.75, 3.05) is 38.3 Å². The summed E-state index contributed by atoms with van der Waals surface area (Å²) in [5.41, 5.74) is 4.81. The second-order valence-corrected chi connectivity index (χ2v) is 5.48. The number of benzene rings is 1. The zero-order valence-electron chi connectivity index (χ0n) is 12.7. The Labute approximate surface area is 125 Å². The number of nitrogens with one attached hydrogen (secondary N) is 2. The highest BCUT2D eigenvalue weighted by Crippen LogP contribution is 2.16. The summed E-state index contributed by atoms with van der Waals surface area (Å²) in [5.74, 6) is 5.36. The molecule has 1 aliphatic heterocycles. The summed E-state index contributed by atoms with van der Waals surface area (Å²) in [4.78, 5) is 14.7. The second kappa shape index (κ2) is 7.40. The third-order valence-corrected chi connectivity index (χ3v) is 3.59. The lowest BCUT2D eigenvalue weighted by Crippen LogP contribution is -2.46. The first kappa shape index (κ1) is 15.8. The minimum absolute atomic E-state index is 0.0711. The minimum atomic E-state index is -0.104. The molecule has 6 nitrogen and oxygen atoms in total. The molecule has 1 aliphatic rings. The van der Waals surface area contributed by atoms with Crippen LogP contribution in [-0.2, 0) is 4.74 Å². The van der Waals surface area contributed by atoms with Crippen LogP contribution in [0, 0.1) is 6.92 Å². The molecule has 1 atom stereocenters. The number of nitrogens with zero attached hydrogens (tertiary/aromatic N) is 1. The number of nitrogens with two attached hydrogens (primary N) is 1. The number of nitrogen functional groups attached to an aromatic ring is 1. The van der Waals surface area contributed by atoms with Crippen LogP contribution in [0.5, 0.6) is 0 Å². The van der Waals surface area contributed by atoms with E-state index in [0.717, 1.165) is 38.4 Å². The monoisotopic (exact) mass is 292 g/mol. The smallest absolute Gasteiger partial charge is 0.253 e. The Balaban J connectivity index is 1.95. The molecule has 0 aromatic heterocycles. The summed E-state index contributed by atoms with van der Waals surface area (Å²) in [6.07, 6.45) is 0. The van der Waals surface area contributed by atoms with E-state index in [9.17, 15) is 4.79 Å². The van der Waals surface area contributed by atoms with Gasteiger partial charge >= 0.3 is 0 Å². The van der Waals surface area contributed by atoms with Crippen molar-refractivity contribution in [3.8, 4) is 0 Å². The molecule has 116 valence electrons. The first-order valence-corrected chi connectivity index (χ1v) is 7.28. The molecule has 1 aromatic carbocycles. The number of aryl methyl sites for hydroxylation is 1. The first-order valence-electron chi connectivity index (χ1n) is 7.28. The van der Waals surface area contributed by atoms with Gasteiger partial charge in [0.25, 0.3) is 5.91 Å². The molecule has 2 rings (SSSR count). The molecule has 1 saturated heterocycles. The van der Waals surface area contributed by atoms with Gasteiger partial charge in [-0.25, -0.2) is 0 Å². The molecule has 21 heavy (non-hydrogen) atoms. The number of amides is 1. The SMILES string of the molecule is Cc1ccc(NN)c(C(=O)NC(C)CN2CCOCC2)c1. The molecule has 0 radical (unpaired) electrons. The summed E-state index contributed by atoms with van der Waals surface area (Å²) in [6, 6.07) is 5.65. The van der Waals surface area contributed by atoms with Crippen LogP contribution >= 0.6 is 0 Å². The van der Waals surface area contributed by atoms with E-state index < -0.39 is 0 Å². The highest BCUT2D eigenvalue weighted by atomic mass is 16.5. The van der Waals surface area contributed by atoms with Crippen LogP contribution in [-0.4, -0.2) is 49.7 Å². The molecule has 1 unspecified atom stereocenters. The zero-order valence-corrected chi connectivity index (χ0v) is 12.7. The van der Waals surface area contributed by atoms with Gasteiger partial charge in [-0.1, -0.05) is 11.6 Å². The van der Waals surface area contributed by atoms with Gasteiger partial charge in [0, 0.05) is 25.7 Å². The van der Waals surface area contributed by atoms with Crippen molar-refractivity contribution in [3.05, 3.63) is 29.3 Å². The summed E-state index contributed by atoms with van der Waals surface area (Å²) >= 11 is 0. The maximum Gasteiger partial charge on any atom is 0.253 e. The van der Waals surface area contributed by atoms with E-state index in [1.807, 2.05) is 32.0 Å². The third-order valence-electron chi connectivity index (χ3n) is 3.59. The van der Waals surface area contributed by atoms with Crippen LogP contribution in [0.25, 0.3) is 0 Å². The number of hydrogen-bond donors (Lipinski definition) is 3. The Bertz CT molecular complexity index is 487. The van der Waals surface area contributed by atoms with E-state index >= 15 is 0 Å². The lowest BCUT2D eigenvalue weighted by atomic mass is 10.1. The molecule has 1 heterocycles. The van der Waals surface area contributed by atoms with E-state index in [-0.39, 0.29) is 11.9 Å². The lowest BCUT2D eigenvalue weighted by molar-refractivity contribution is 0.0342. The molecule has 0 bridgehead atoms. The normalized spacial score (nSPS) is 17.3. The Hall–Kier alpha value is -1.63. The van der Waals surface area contributed by atoms with Gasteiger partial charge in [0.05, 0.1) is 24.5 Å². The second-order valence-electron chi connectivity index (χ2n) is 5.48. The van der Waals surface area contributed by atoms with Crippen LogP contribution < -0.4 is 16.6 Å². The molecule has 1 aromatic rings. The summed E-state index contributed by atoms with van der Waals surface area (Å²) in [6.45, 7) is 8.15. The van der Waals surface area contributed by atoms with Crippen molar-refractivity contribution in [1.82, 2.24) is 10.2 Å². The largest absolute Gasteiger partial charge is 0.379 e. The average Bonchev–Trinajstić information content (AvgIpc) is 2.48. The number of morpholine rings is 1. The average molecular weight is 292 g/mol. The number of hydrogen-bond acceptors (Lipinski definition) is 5. The molecule has 0 spiro atoms. The van der Waals surface area contributed by atoms with Crippen molar-refractivity contribution in [2.45, 2.75) is 19.9 Å². The summed E-state index contributed by atoms with van der Waals surface area (Å²) in [7, 11) is 0. The fourth-order valence-corrected chi connectivity index (χ4v) is 2.49. The fraction of sp³-hybridized carbons (Fsp3) is 0.533. The number of hydrazine groups is 1. The molecular weight excluding hydrogens is 268 g/mol. The number of carbonyl (C=O) groups excluding carboxylic acids is 1. The van der Waals surface area contributed by atoms with Gasteiger partial charge in [0.15, 0.2) is 0 Å². The number of ether oxygens (including phenoxy) is 1. The van der Waals surface area contributed by atoms with Crippen LogP contribution in [0.2, 0.25) is 0 Å². The predicted molar refractivity (Wildman–Crippen MR) is 83.2 cm³/mol. The van der Waals surface area contributed by atoms with Gasteiger partial charge < -0.3 is 15.5 Å². The first-order chi connectivity index (χ1) is 10.1. The van der Waals surface area contributed by atoms with Crippen molar-refractivity contribution in [3.63, 3.8) is 0 Å². The van der Waals surface area contributed by atoms with E-state index in [4.69, 9.17) is 10.6 Å². The number of anilines is 1. The molecular formula is C15H24N4O2. The third kappa shape index (κ3) is 4.42. The molecule has 0 saturated carbocycles. The van der Waals surface area contributed by atoms with E-state index in [2.05, 4.69) is 15.6 Å². The molecule has 1 fully saturated rings. The maximum atomic E-state index is 12.4. The number of carbonyl (C=O) groups is 1. The Morgan fingerprint density at radius 3 is 2.81 bits per heavy atom. The highest BCUT2D eigenvalue weighted by Gasteiger charge is 2.17. The van der Waals surface area contributed by atoms with Crippen LogP contribution in [0.1, 0.15) is 22.8 Å². The molecule has 4 N–H and O–H groups in total. The van der Waals surface area contributed by atoms with Crippen LogP contribution in [0.4, 0.5) is 5.69 Å². The van der Waals surface area contributed by atoms with Gasteiger partial charge in [-0.05, 0) is 26.0 Å². The Kier molecular flexibility index (Phi) is 5.55. The topological polar surface area (TPSA) is 79.6 Å². The Morgan fingerprint density at radius 2 is 2.14 bits per heavy atom. The van der Waals surface area contributed by atoms with Gasteiger partial charge in [-0.15, -0.1) is 0 Å². The Morgan fingerprint density at radius 1 is 1.43 bits per heavy atom. The molecule has 1 amide bonds. The molecule has 6 heteroatoms. The van der Waals surface area contributed by atoms with Crippen molar-refractivity contribution < 1.29 is 9.53 Å². The minimum Gasteiger partial charge on any atom is -0.379 e. The van der Waals surface area contributed by atoms with Crippen LogP contribution in [0.15, 0.2) is 18.2 Å². The van der Waals surface area contributed by atoms with Crippen molar-refractivity contribution in [1.29, 1.82) is 0 Å². The molecule has 0 aliphatic carbocycles. The number of rotatable bonds is 5. The van der Waals surface area contributed by atoms with Crippen molar-refractivity contribution >= 4 is 11.6 Å². The van der Waals surface area contributed by atoms with Gasteiger partial charge in [0.1, 0.15) is 0 Å². The standard InChI is InChI=1S/C15H24N4O2/c1-11-3-4-14(18-16)13(9-11)15(20)17-12(2)10-19-5-7-21-8-6-19/h3-4,9,12,18H,5-8,10,16H2,1-2H3,(H,17,20). The van der Waals surface area contributed by atoms with Crippen molar-refractivity contribution in [2.24, 2.45) is 5.84 Å². The summed E-state index contributed by atoms with van der Waals surface area (Å²) < 4.78 is 5.32. The lowest BCUT2D eigenvalue weighted by Gasteiger charge is -2.29. The van der Waals surface area contributed by atoms with Gasteiger partial charge in [-0.3, -0.25) is 15.5 Å². The fourth-order valence-electron chi connectivity index (χ4n) is 2.49. The summed E-state index contributed by atoms with van der Waals surface area (Å²) in [5, 5.41) is 3.03. The highest BCUT2D eigenvalue weighted by molar-refractivity contribution is 5.99. The van der Waals surface area contributed by atoms with Gasteiger partial charge in [0.2, 0.25) is 0 Å². The quantitative estimate of drug-likeness (QED) is 0.551. The van der Waals surface area contributed by atoms with E-state index in [1.165, 1.54) is 0 Å².